The van der Waals surface area contributed by atoms with Crippen LogP contribution in [0.15, 0.2) is 28.3 Å². The Labute approximate surface area is 224 Å². The molecule has 0 saturated heterocycles. The fourth-order valence-corrected chi connectivity index (χ4v) is 4.46. The number of benzene rings is 1. The molecule has 1 aromatic carbocycles. The van der Waals surface area contributed by atoms with Gasteiger partial charge in [-0.15, -0.1) is 0 Å². The second-order valence-corrected chi connectivity index (χ2v) is 11.4. The molecule has 1 aliphatic rings. The molecule has 1 saturated carbocycles. The van der Waals surface area contributed by atoms with E-state index in [2.05, 4.69) is 39.4 Å². The molecule has 0 radical (unpaired) electrons. The van der Waals surface area contributed by atoms with Crippen molar-refractivity contribution >= 4 is 56.5 Å². The molecule has 0 atom stereocenters. The predicted octanol–water partition coefficient (Wildman–Crippen LogP) is 2.96. The monoisotopic (exact) mass is 566 g/mol. The highest BCUT2D eigenvalue weighted by Gasteiger charge is 2.39. The van der Waals surface area contributed by atoms with E-state index in [1.807, 2.05) is 13.2 Å². The van der Waals surface area contributed by atoms with Crippen LogP contribution in [-0.4, -0.2) is 70.7 Å². The summed E-state index contributed by atoms with van der Waals surface area (Å²) in [5, 5.41) is 18.1. The summed E-state index contributed by atoms with van der Waals surface area (Å²) in [4.78, 5) is 58.7. The number of hydrogen-bond donors (Lipinski definition) is 2. The Hall–Kier alpha value is -3.46. The minimum absolute atomic E-state index is 0.0668. The second kappa shape index (κ2) is 13.4. The number of sulfone groups is 1. The number of Topliss-reactive ketones (excluding diaryl/α,β-unsaturated/α-hetero) is 3. The van der Waals surface area contributed by atoms with Crippen LogP contribution in [-0.2, 0) is 19.4 Å². The Bertz CT molecular complexity index is 1320. The van der Waals surface area contributed by atoms with Gasteiger partial charge in [-0.3, -0.25) is 24.5 Å². The number of anilines is 2. The number of carbonyl (C=O) groups excluding carboxylic acids is 3. The Morgan fingerprint density at radius 3 is 2.26 bits per heavy atom. The summed E-state index contributed by atoms with van der Waals surface area (Å²) in [6.45, 7) is 6.92. The summed E-state index contributed by atoms with van der Waals surface area (Å²) in [6, 6.07) is 3.11. The van der Waals surface area contributed by atoms with Gasteiger partial charge in [0.2, 0.25) is 11.9 Å². The average Bonchev–Trinajstić information content (AvgIpc) is 2.83. The number of ketones is 3. The fourth-order valence-electron chi connectivity index (χ4n) is 3.46. The molecule has 2 aromatic rings. The van der Waals surface area contributed by atoms with Gasteiger partial charge in [0.25, 0.3) is 5.69 Å². The number of aromatic nitrogens is 3. The number of nitro benzene ring substituents is 1. The quantitative estimate of drug-likeness (QED) is 0.148. The zero-order chi connectivity index (χ0) is 28.6. The topological polar surface area (TPSA) is 191 Å². The van der Waals surface area contributed by atoms with Crippen molar-refractivity contribution in [2.75, 3.05) is 29.7 Å². The summed E-state index contributed by atoms with van der Waals surface area (Å²) in [6.07, 6.45) is 3.32. The van der Waals surface area contributed by atoms with Gasteiger partial charge in [-0.1, -0.05) is 11.8 Å². The van der Waals surface area contributed by atoms with Gasteiger partial charge in [-0.05, 0) is 45.6 Å². The van der Waals surface area contributed by atoms with Crippen molar-refractivity contribution in [3.63, 3.8) is 0 Å². The molecule has 0 spiro atoms. The molecule has 0 aliphatic heterocycles. The average molecular weight is 567 g/mol. The minimum Gasteiger partial charge on any atom is -0.354 e. The van der Waals surface area contributed by atoms with Gasteiger partial charge in [0.05, 0.1) is 15.4 Å². The van der Waals surface area contributed by atoms with Crippen LogP contribution in [0.2, 0.25) is 0 Å². The molecule has 0 bridgehead atoms. The largest absolute Gasteiger partial charge is 0.354 e. The van der Waals surface area contributed by atoms with Crippen molar-refractivity contribution in [1.29, 1.82) is 0 Å². The maximum Gasteiger partial charge on any atom is 0.281 e. The molecule has 1 aromatic heterocycles. The first-order valence-electron chi connectivity index (χ1n) is 11.7. The third-order valence-corrected chi connectivity index (χ3v) is 6.82. The van der Waals surface area contributed by atoms with Gasteiger partial charge in [-0.25, -0.2) is 8.42 Å². The van der Waals surface area contributed by atoms with Crippen molar-refractivity contribution in [2.24, 2.45) is 5.92 Å². The summed E-state index contributed by atoms with van der Waals surface area (Å²) in [5.41, 5.74) is -1.17. The van der Waals surface area contributed by atoms with Crippen molar-refractivity contribution in [1.82, 2.24) is 15.0 Å². The molecule has 206 valence electrons. The maximum atomic E-state index is 12.4. The molecule has 1 fully saturated rings. The molecule has 0 amide bonds. The summed E-state index contributed by atoms with van der Waals surface area (Å²) >= 11 is 1.51. The normalized spacial score (nSPS) is 14.1. The highest BCUT2D eigenvalue weighted by molar-refractivity contribution is 7.98. The Kier molecular flexibility index (Phi) is 10.8. The standard InChI is InChI=1S/C14H13NO7S.C9H17N5S/c1-23(21,22)8-5-6-9(10(7-8)15(19)20)14(18)13-11(16)3-2-4-12(13)17;1-5-10-7-12-8(11-6(2)3)14-9(13-7)15-4/h5-7,13H,2-4H2,1H3;6H,5H2,1-4H3,(H2,10,11,12,13,14). The fraction of sp³-hybridized carbons (Fsp3) is 0.478. The molecule has 38 heavy (non-hydrogen) atoms. The van der Waals surface area contributed by atoms with Gasteiger partial charge in [0.1, 0.15) is 5.92 Å². The van der Waals surface area contributed by atoms with E-state index in [0.717, 1.165) is 36.2 Å². The first-order chi connectivity index (χ1) is 17.8. The van der Waals surface area contributed by atoms with E-state index in [4.69, 9.17) is 0 Å². The SMILES string of the molecule is CCNc1nc(NC(C)C)nc(SC)n1.CS(=O)(=O)c1ccc(C(=O)C2C(=O)CCCC2=O)c([N+](=O)[O-])c1. The van der Waals surface area contributed by atoms with Crippen LogP contribution in [0.5, 0.6) is 0 Å². The highest BCUT2D eigenvalue weighted by atomic mass is 32.2. The smallest absolute Gasteiger partial charge is 0.281 e. The predicted molar refractivity (Wildman–Crippen MR) is 142 cm³/mol. The molecular weight excluding hydrogens is 536 g/mol. The molecule has 0 unspecified atom stereocenters. The van der Waals surface area contributed by atoms with E-state index in [9.17, 15) is 32.9 Å². The van der Waals surface area contributed by atoms with Crippen LogP contribution >= 0.6 is 11.8 Å². The van der Waals surface area contributed by atoms with Crippen LogP contribution in [0.1, 0.15) is 50.4 Å². The van der Waals surface area contributed by atoms with E-state index in [-0.39, 0.29) is 17.7 Å². The van der Waals surface area contributed by atoms with Gasteiger partial charge in [0.15, 0.2) is 32.3 Å². The van der Waals surface area contributed by atoms with Gasteiger partial charge >= 0.3 is 0 Å². The van der Waals surface area contributed by atoms with E-state index in [1.165, 1.54) is 11.8 Å². The maximum absolute atomic E-state index is 12.4. The van der Waals surface area contributed by atoms with Crippen LogP contribution in [0.4, 0.5) is 17.6 Å². The molecule has 1 aliphatic carbocycles. The molecule has 2 N–H and O–H groups in total. The lowest BCUT2D eigenvalue weighted by molar-refractivity contribution is -0.385. The van der Waals surface area contributed by atoms with Crippen molar-refractivity contribution < 1.29 is 27.7 Å². The summed E-state index contributed by atoms with van der Waals surface area (Å²) in [5.74, 6) is -2.36. The van der Waals surface area contributed by atoms with E-state index in [0.29, 0.717) is 24.4 Å². The molecule has 15 heteroatoms. The third-order valence-electron chi connectivity index (χ3n) is 5.16. The number of nitrogens with one attached hydrogen (secondary N) is 2. The Morgan fingerprint density at radius 2 is 1.76 bits per heavy atom. The van der Waals surface area contributed by atoms with Crippen molar-refractivity contribution in [3.05, 3.63) is 33.9 Å². The van der Waals surface area contributed by atoms with Gasteiger partial charge < -0.3 is 10.6 Å². The van der Waals surface area contributed by atoms with Crippen LogP contribution in [0.25, 0.3) is 0 Å². The molecule has 13 nitrogen and oxygen atoms in total. The van der Waals surface area contributed by atoms with E-state index in [1.54, 1.807) is 0 Å². The van der Waals surface area contributed by atoms with Gasteiger partial charge in [-0.2, -0.15) is 15.0 Å². The Balaban J connectivity index is 0.000000293. The summed E-state index contributed by atoms with van der Waals surface area (Å²) < 4.78 is 23.0. The van der Waals surface area contributed by atoms with E-state index >= 15 is 0 Å². The van der Waals surface area contributed by atoms with Crippen molar-refractivity contribution in [2.45, 2.75) is 56.1 Å². The lowest BCUT2D eigenvalue weighted by atomic mass is 9.81. The third kappa shape index (κ3) is 8.28. The zero-order valence-electron chi connectivity index (χ0n) is 21.7. The first-order valence-corrected chi connectivity index (χ1v) is 14.8. The molecular formula is C23H30N6O7S2. The minimum atomic E-state index is -3.70. The number of hydrogen-bond acceptors (Lipinski definition) is 13. The van der Waals surface area contributed by atoms with Crippen LogP contribution < -0.4 is 10.6 Å². The zero-order valence-corrected chi connectivity index (χ0v) is 23.3. The lowest BCUT2D eigenvalue weighted by Gasteiger charge is -2.18. The highest BCUT2D eigenvalue weighted by Crippen LogP contribution is 2.28. The number of rotatable bonds is 9. The number of nitro groups is 1. The summed E-state index contributed by atoms with van der Waals surface area (Å²) in [7, 11) is -3.70. The van der Waals surface area contributed by atoms with Gasteiger partial charge in [0, 0.05) is 37.8 Å². The lowest BCUT2D eigenvalue weighted by Crippen LogP contribution is -2.35. The molecule has 1 heterocycles. The van der Waals surface area contributed by atoms with Crippen LogP contribution in [0, 0.1) is 16.0 Å². The molecule has 3 rings (SSSR count). The van der Waals surface area contributed by atoms with E-state index < -0.39 is 49.3 Å². The first kappa shape index (κ1) is 30.8. The number of nitrogens with zero attached hydrogens (tertiary/aromatic N) is 4. The van der Waals surface area contributed by atoms with Crippen molar-refractivity contribution in [3.8, 4) is 0 Å². The number of thioether (sulfide) groups is 1. The second-order valence-electron chi connectivity index (χ2n) is 8.59. The van der Waals surface area contributed by atoms with Crippen LogP contribution in [0.3, 0.4) is 0 Å². The Morgan fingerprint density at radius 1 is 1.16 bits per heavy atom. The number of carbonyl (C=O) groups is 3.